The minimum absolute atomic E-state index is 0.729. The topological polar surface area (TPSA) is 15.3 Å². The molecule has 1 N–H and O–H groups in total. The molecule has 1 aliphatic rings. The highest BCUT2D eigenvalue weighted by atomic mass is 32.1. The van der Waals surface area contributed by atoms with Crippen molar-refractivity contribution in [3.8, 4) is 0 Å². The highest BCUT2D eigenvalue weighted by Gasteiger charge is 2.24. The molecule has 0 amide bonds. The molecule has 2 heterocycles. The number of nitrogens with one attached hydrogen (secondary N) is 1. The van der Waals surface area contributed by atoms with Crippen LogP contribution in [-0.2, 0) is 13.1 Å². The molecule has 1 fully saturated rings. The fourth-order valence-electron chi connectivity index (χ4n) is 2.86. The summed E-state index contributed by atoms with van der Waals surface area (Å²) in [7, 11) is 0. The normalized spacial score (nSPS) is 20.4. The lowest BCUT2D eigenvalue weighted by atomic mass is 9.95. The number of likely N-dealkylation sites (tertiary alicyclic amines) is 1. The predicted octanol–water partition coefficient (Wildman–Crippen LogP) is 3.97. The molecule has 2 nitrogen and oxygen atoms in total. The van der Waals surface area contributed by atoms with Crippen LogP contribution in [0, 0.1) is 17.8 Å². The average molecular weight is 295 g/mol. The standard InChI is InChI=1S/C17H30N2S/c1-13(2)9-18-10-16-5-6-17(20-16)12-19-8-7-15(11-19)14(3)4/h5-6,13-15,18H,7-12H2,1-4H3. The number of rotatable bonds is 7. The second-order valence-electron chi connectivity index (χ2n) is 6.92. The van der Waals surface area contributed by atoms with E-state index in [-0.39, 0.29) is 0 Å². The van der Waals surface area contributed by atoms with E-state index in [1.165, 1.54) is 29.3 Å². The van der Waals surface area contributed by atoms with Crippen molar-refractivity contribution in [2.45, 2.75) is 47.2 Å². The van der Waals surface area contributed by atoms with E-state index < -0.39 is 0 Å². The van der Waals surface area contributed by atoms with Crippen LogP contribution < -0.4 is 5.32 Å². The number of nitrogens with zero attached hydrogens (tertiary/aromatic N) is 1. The molecule has 0 aromatic carbocycles. The SMILES string of the molecule is CC(C)CNCc1ccc(CN2CCC(C(C)C)C2)s1. The van der Waals surface area contributed by atoms with Crippen LogP contribution in [0.3, 0.4) is 0 Å². The van der Waals surface area contributed by atoms with E-state index >= 15 is 0 Å². The van der Waals surface area contributed by atoms with E-state index in [0.29, 0.717) is 0 Å². The largest absolute Gasteiger partial charge is 0.312 e. The summed E-state index contributed by atoms with van der Waals surface area (Å²) in [6.07, 6.45) is 1.38. The zero-order chi connectivity index (χ0) is 14.5. The molecule has 1 aliphatic heterocycles. The molecular weight excluding hydrogens is 264 g/mol. The predicted molar refractivity (Wildman–Crippen MR) is 89.1 cm³/mol. The Hall–Kier alpha value is -0.380. The molecule has 0 saturated carbocycles. The van der Waals surface area contributed by atoms with Gasteiger partial charge in [0, 0.05) is 29.4 Å². The van der Waals surface area contributed by atoms with Gasteiger partial charge in [-0.05, 0) is 49.4 Å². The summed E-state index contributed by atoms with van der Waals surface area (Å²) in [5.74, 6) is 2.47. The van der Waals surface area contributed by atoms with Crippen molar-refractivity contribution < 1.29 is 0 Å². The highest BCUT2D eigenvalue weighted by Crippen LogP contribution is 2.26. The van der Waals surface area contributed by atoms with Crippen LogP contribution in [0.25, 0.3) is 0 Å². The van der Waals surface area contributed by atoms with Gasteiger partial charge in [-0.25, -0.2) is 0 Å². The molecule has 3 heteroatoms. The van der Waals surface area contributed by atoms with Gasteiger partial charge in [0.15, 0.2) is 0 Å². The van der Waals surface area contributed by atoms with Crippen molar-refractivity contribution in [2.24, 2.45) is 17.8 Å². The minimum atomic E-state index is 0.729. The summed E-state index contributed by atoms with van der Waals surface area (Å²) < 4.78 is 0. The Labute approximate surface area is 128 Å². The first-order chi connectivity index (χ1) is 9.54. The summed E-state index contributed by atoms with van der Waals surface area (Å²) >= 11 is 1.98. The van der Waals surface area contributed by atoms with Crippen LogP contribution >= 0.6 is 11.3 Å². The maximum absolute atomic E-state index is 3.53. The summed E-state index contributed by atoms with van der Waals surface area (Å²) in [4.78, 5) is 5.62. The van der Waals surface area contributed by atoms with Gasteiger partial charge in [0.05, 0.1) is 0 Å². The number of hydrogen-bond donors (Lipinski definition) is 1. The fraction of sp³-hybridized carbons (Fsp3) is 0.765. The van der Waals surface area contributed by atoms with Gasteiger partial charge in [0.2, 0.25) is 0 Å². The Bertz CT molecular complexity index is 397. The quantitative estimate of drug-likeness (QED) is 0.818. The van der Waals surface area contributed by atoms with Crippen LogP contribution in [0.15, 0.2) is 12.1 Å². The molecule has 1 aromatic rings. The van der Waals surface area contributed by atoms with Gasteiger partial charge in [-0.1, -0.05) is 27.7 Å². The molecule has 114 valence electrons. The van der Waals surface area contributed by atoms with E-state index in [1.807, 2.05) is 11.3 Å². The Morgan fingerprint density at radius 3 is 2.65 bits per heavy atom. The van der Waals surface area contributed by atoms with Gasteiger partial charge < -0.3 is 5.32 Å². The summed E-state index contributed by atoms with van der Waals surface area (Å²) in [6, 6.07) is 4.61. The Kier molecular flexibility index (Phi) is 6.06. The van der Waals surface area contributed by atoms with Crippen molar-refractivity contribution in [3.05, 3.63) is 21.9 Å². The summed E-state index contributed by atoms with van der Waals surface area (Å²) in [6.45, 7) is 15.1. The zero-order valence-electron chi connectivity index (χ0n) is 13.5. The molecule has 0 spiro atoms. The molecule has 0 aliphatic carbocycles. The Morgan fingerprint density at radius 2 is 2.00 bits per heavy atom. The van der Waals surface area contributed by atoms with Gasteiger partial charge in [-0.3, -0.25) is 4.90 Å². The first kappa shape index (κ1) is 16.0. The third-order valence-electron chi connectivity index (χ3n) is 4.20. The van der Waals surface area contributed by atoms with Crippen molar-refractivity contribution in [2.75, 3.05) is 19.6 Å². The van der Waals surface area contributed by atoms with Gasteiger partial charge in [0.25, 0.3) is 0 Å². The first-order valence-corrected chi connectivity index (χ1v) is 8.87. The average Bonchev–Trinajstić information content (AvgIpc) is 2.99. The first-order valence-electron chi connectivity index (χ1n) is 8.05. The lowest BCUT2D eigenvalue weighted by Gasteiger charge is -2.16. The third-order valence-corrected chi connectivity index (χ3v) is 5.27. The van der Waals surface area contributed by atoms with Crippen LogP contribution in [0.1, 0.15) is 43.9 Å². The molecule has 0 bridgehead atoms. The van der Waals surface area contributed by atoms with Gasteiger partial charge in [0.1, 0.15) is 0 Å². The van der Waals surface area contributed by atoms with Gasteiger partial charge >= 0.3 is 0 Å². The molecule has 1 unspecified atom stereocenters. The third kappa shape index (κ3) is 4.87. The fourth-order valence-corrected chi connectivity index (χ4v) is 3.89. The van der Waals surface area contributed by atoms with E-state index in [1.54, 1.807) is 0 Å². The maximum Gasteiger partial charge on any atom is 0.0328 e. The van der Waals surface area contributed by atoms with E-state index in [4.69, 9.17) is 0 Å². The zero-order valence-corrected chi connectivity index (χ0v) is 14.3. The maximum atomic E-state index is 3.53. The number of thiophene rings is 1. The van der Waals surface area contributed by atoms with Gasteiger partial charge in [-0.15, -0.1) is 11.3 Å². The van der Waals surface area contributed by atoms with E-state index in [9.17, 15) is 0 Å². The molecule has 20 heavy (non-hydrogen) atoms. The highest BCUT2D eigenvalue weighted by molar-refractivity contribution is 7.11. The molecular formula is C17H30N2S. The van der Waals surface area contributed by atoms with Crippen molar-refractivity contribution in [1.82, 2.24) is 10.2 Å². The lowest BCUT2D eigenvalue weighted by Crippen LogP contribution is -2.21. The van der Waals surface area contributed by atoms with Crippen LogP contribution in [0.2, 0.25) is 0 Å². The van der Waals surface area contributed by atoms with Gasteiger partial charge in [-0.2, -0.15) is 0 Å². The Morgan fingerprint density at radius 1 is 1.25 bits per heavy atom. The molecule has 0 radical (unpaired) electrons. The van der Waals surface area contributed by atoms with Crippen molar-refractivity contribution in [3.63, 3.8) is 0 Å². The second-order valence-corrected chi connectivity index (χ2v) is 8.17. The van der Waals surface area contributed by atoms with Crippen LogP contribution in [0.5, 0.6) is 0 Å². The summed E-state index contributed by atoms with van der Waals surface area (Å²) in [5.41, 5.74) is 0. The molecule has 1 aromatic heterocycles. The minimum Gasteiger partial charge on any atom is -0.312 e. The van der Waals surface area contributed by atoms with Crippen LogP contribution in [0.4, 0.5) is 0 Å². The number of hydrogen-bond acceptors (Lipinski definition) is 3. The van der Waals surface area contributed by atoms with E-state index in [0.717, 1.165) is 37.4 Å². The molecule has 1 atom stereocenters. The lowest BCUT2D eigenvalue weighted by molar-refractivity contribution is 0.299. The smallest absolute Gasteiger partial charge is 0.0328 e. The Balaban J connectivity index is 1.75. The summed E-state index contributed by atoms with van der Waals surface area (Å²) in [5, 5.41) is 3.53. The molecule has 1 saturated heterocycles. The monoisotopic (exact) mass is 294 g/mol. The second kappa shape index (κ2) is 7.58. The van der Waals surface area contributed by atoms with E-state index in [2.05, 4.69) is 50.0 Å². The van der Waals surface area contributed by atoms with Crippen LogP contribution in [-0.4, -0.2) is 24.5 Å². The van der Waals surface area contributed by atoms with Crippen molar-refractivity contribution >= 4 is 11.3 Å². The van der Waals surface area contributed by atoms with Crippen molar-refractivity contribution in [1.29, 1.82) is 0 Å². The molecule has 2 rings (SSSR count).